The Labute approximate surface area is 144 Å². The van der Waals surface area contributed by atoms with Crippen molar-refractivity contribution in [1.82, 2.24) is 20.2 Å². The second-order valence-electron chi connectivity index (χ2n) is 5.26. The Morgan fingerprint density at radius 1 is 1.08 bits per heavy atom. The molecule has 8 heteroatoms. The Hall–Kier alpha value is -3.42. The van der Waals surface area contributed by atoms with Crippen LogP contribution in [0.5, 0.6) is 11.5 Å². The summed E-state index contributed by atoms with van der Waals surface area (Å²) in [5.41, 5.74) is 1.86. The number of anilines is 1. The van der Waals surface area contributed by atoms with Gasteiger partial charge in [0.05, 0.1) is 14.2 Å². The van der Waals surface area contributed by atoms with E-state index in [-0.39, 0.29) is 5.91 Å². The first kappa shape index (κ1) is 16.4. The summed E-state index contributed by atoms with van der Waals surface area (Å²) < 4.78 is 12.0. The molecule has 2 aromatic carbocycles. The molecule has 1 aromatic heterocycles. The smallest absolute Gasteiger partial charge is 0.255 e. The van der Waals surface area contributed by atoms with Crippen molar-refractivity contribution in [2.24, 2.45) is 7.05 Å². The van der Waals surface area contributed by atoms with Crippen molar-refractivity contribution in [3.63, 3.8) is 0 Å². The summed E-state index contributed by atoms with van der Waals surface area (Å²) in [6, 6.07) is 12.3. The van der Waals surface area contributed by atoms with Gasteiger partial charge in [0.1, 0.15) is 11.5 Å². The summed E-state index contributed by atoms with van der Waals surface area (Å²) in [5, 5.41) is 14.3. The third-order valence-electron chi connectivity index (χ3n) is 3.61. The zero-order valence-electron chi connectivity index (χ0n) is 14.1. The maximum atomic E-state index is 12.5. The minimum Gasteiger partial charge on any atom is -0.497 e. The predicted octanol–water partition coefficient (Wildman–Crippen LogP) is 2.15. The third-order valence-corrected chi connectivity index (χ3v) is 3.61. The van der Waals surface area contributed by atoms with Crippen LogP contribution in [0.4, 0.5) is 5.69 Å². The van der Waals surface area contributed by atoms with Crippen LogP contribution >= 0.6 is 0 Å². The lowest BCUT2D eigenvalue weighted by Gasteiger charge is -2.10. The number of tetrazole rings is 1. The molecule has 0 saturated heterocycles. The van der Waals surface area contributed by atoms with Gasteiger partial charge in [-0.25, -0.2) is 4.68 Å². The summed E-state index contributed by atoms with van der Waals surface area (Å²) in [5.74, 6) is 1.43. The number of benzene rings is 2. The predicted molar refractivity (Wildman–Crippen MR) is 91.7 cm³/mol. The average Bonchev–Trinajstić information content (AvgIpc) is 3.07. The van der Waals surface area contributed by atoms with Crippen molar-refractivity contribution >= 4 is 11.6 Å². The van der Waals surface area contributed by atoms with Crippen LogP contribution < -0.4 is 14.8 Å². The molecule has 128 valence electrons. The van der Waals surface area contributed by atoms with E-state index in [2.05, 4.69) is 20.8 Å². The Morgan fingerprint density at radius 3 is 2.40 bits per heavy atom. The molecule has 0 unspecified atom stereocenters. The lowest BCUT2D eigenvalue weighted by molar-refractivity contribution is 0.102. The molecule has 1 amide bonds. The van der Waals surface area contributed by atoms with E-state index in [9.17, 15) is 4.79 Å². The Bertz CT molecular complexity index is 885. The highest BCUT2D eigenvalue weighted by Gasteiger charge is 2.12. The van der Waals surface area contributed by atoms with Crippen molar-refractivity contribution in [1.29, 1.82) is 0 Å². The topological polar surface area (TPSA) is 91.2 Å². The van der Waals surface area contributed by atoms with E-state index in [1.165, 1.54) is 14.2 Å². The number of rotatable bonds is 5. The van der Waals surface area contributed by atoms with E-state index >= 15 is 0 Å². The summed E-state index contributed by atoms with van der Waals surface area (Å²) in [7, 11) is 4.83. The number of carbonyl (C=O) groups is 1. The normalized spacial score (nSPS) is 10.4. The first-order valence-corrected chi connectivity index (χ1v) is 7.48. The standard InChI is InChI=1S/C17H17N5O3/c1-22-16(19-20-21-22)11-5-4-6-13(7-11)18-17(23)12-8-14(24-2)10-15(9-12)25-3/h4-10H,1-3H3,(H,18,23). The van der Waals surface area contributed by atoms with E-state index in [1.807, 2.05) is 12.1 Å². The number of hydrogen-bond acceptors (Lipinski definition) is 6. The van der Waals surface area contributed by atoms with Crippen LogP contribution in [0.3, 0.4) is 0 Å². The highest BCUT2D eigenvalue weighted by atomic mass is 16.5. The van der Waals surface area contributed by atoms with Crippen LogP contribution in [0, 0.1) is 0 Å². The number of aromatic nitrogens is 4. The molecule has 1 heterocycles. The number of carbonyl (C=O) groups excluding carboxylic acids is 1. The molecular weight excluding hydrogens is 322 g/mol. The van der Waals surface area contributed by atoms with Crippen molar-refractivity contribution in [3.8, 4) is 22.9 Å². The van der Waals surface area contributed by atoms with Gasteiger partial charge in [0.2, 0.25) is 0 Å². The quantitative estimate of drug-likeness (QED) is 0.766. The molecule has 0 aliphatic heterocycles. The van der Waals surface area contributed by atoms with Gasteiger partial charge >= 0.3 is 0 Å². The maximum Gasteiger partial charge on any atom is 0.255 e. The summed E-state index contributed by atoms with van der Waals surface area (Å²) in [6.07, 6.45) is 0. The fraction of sp³-hybridized carbons (Fsp3) is 0.176. The molecule has 0 fully saturated rings. The van der Waals surface area contributed by atoms with Gasteiger partial charge < -0.3 is 14.8 Å². The molecule has 0 radical (unpaired) electrons. The second kappa shape index (κ2) is 7.00. The lowest BCUT2D eigenvalue weighted by Crippen LogP contribution is -2.12. The molecule has 0 aliphatic rings. The number of methoxy groups -OCH3 is 2. The fourth-order valence-corrected chi connectivity index (χ4v) is 2.35. The number of amides is 1. The molecule has 8 nitrogen and oxygen atoms in total. The molecule has 3 rings (SSSR count). The van der Waals surface area contributed by atoms with E-state index in [4.69, 9.17) is 9.47 Å². The van der Waals surface area contributed by atoms with Gasteiger partial charge in [-0.3, -0.25) is 4.79 Å². The van der Waals surface area contributed by atoms with Crippen LogP contribution in [-0.4, -0.2) is 40.3 Å². The van der Waals surface area contributed by atoms with E-state index in [1.54, 1.807) is 42.1 Å². The van der Waals surface area contributed by atoms with Crippen LogP contribution in [0.25, 0.3) is 11.4 Å². The van der Waals surface area contributed by atoms with Gasteiger partial charge in [-0.05, 0) is 34.7 Å². The van der Waals surface area contributed by atoms with Gasteiger partial charge in [-0.2, -0.15) is 0 Å². The second-order valence-corrected chi connectivity index (χ2v) is 5.26. The van der Waals surface area contributed by atoms with Gasteiger partial charge in [0, 0.05) is 29.9 Å². The molecule has 0 spiro atoms. The summed E-state index contributed by atoms with van der Waals surface area (Å²) >= 11 is 0. The van der Waals surface area contributed by atoms with Gasteiger partial charge in [0.25, 0.3) is 5.91 Å². The van der Waals surface area contributed by atoms with Crippen LogP contribution in [0.2, 0.25) is 0 Å². The van der Waals surface area contributed by atoms with E-state index < -0.39 is 0 Å². The molecular formula is C17H17N5O3. The number of hydrogen-bond donors (Lipinski definition) is 1. The molecule has 0 bridgehead atoms. The van der Waals surface area contributed by atoms with Crippen molar-refractivity contribution in [2.75, 3.05) is 19.5 Å². The molecule has 0 atom stereocenters. The Balaban J connectivity index is 1.85. The van der Waals surface area contributed by atoms with Crippen molar-refractivity contribution < 1.29 is 14.3 Å². The maximum absolute atomic E-state index is 12.5. The zero-order chi connectivity index (χ0) is 17.8. The fourth-order valence-electron chi connectivity index (χ4n) is 2.35. The Kier molecular flexibility index (Phi) is 4.60. The minimum atomic E-state index is -0.273. The summed E-state index contributed by atoms with van der Waals surface area (Å²) in [4.78, 5) is 12.5. The molecule has 0 aliphatic carbocycles. The molecule has 3 aromatic rings. The molecule has 1 N–H and O–H groups in total. The summed E-state index contributed by atoms with van der Waals surface area (Å²) in [6.45, 7) is 0. The monoisotopic (exact) mass is 339 g/mol. The molecule has 25 heavy (non-hydrogen) atoms. The first-order chi connectivity index (χ1) is 12.1. The molecule has 0 saturated carbocycles. The number of nitrogens with one attached hydrogen (secondary N) is 1. The van der Waals surface area contributed by atoms with Gasteiger partial charge in [-0.1, -0.05) is 12.1 Å². The van der Waals surface area contributed by atoms with Crippen LogP contribution in [0.1, 0.15) is 10.4 Å². The van der Waals surface area contributed by atoms with Crippen LogP contribution in [0.15, 0.2) is 42.5 Å². The number of aryl methyl sites for hydroxylation is 1. The minimum absolute atomic E-state index is 0.273. The first-order valence-electron chi connectivity index (χ1n) is 7.48. The average molecular weight is 339 g/mol. The van der Waals surface area contributed by atoms with Gasteiger partial charge in [0.15, 0.2) is 5.82 Å². The van der Waals surface area contributed by atoms with E-state index in [0.29, 0.717) is 28.6 Å². The third kappa shape index (κ3) is 3.57. The highest BCUT2D eigenvalue weighted by Crippen LogP contribution is 2.24. The zero-order valence-corrected chi connectivity index (χ0v) is 14.1. The van der Waals surface area contributed by atoms with Gasteiger partial charge in [-0.15, -0.1) is 5.10 Å². The van der Waals surface area contributed by atoms with Crippen molar-refractivity contribution in [2.45, 2.75) is 0 Å². The SMILES string of the molecule is COc1cc(OC)cc(C(=O)Nc2cccc(-c3nnnn3C)c2)c1. The highest BCUT2D eigenvalue weighted by molar-refractivity contribution is 6.05. The number of ether oxygens (including phenoxy) is 2. The van der Waals surface area contributed by atoms with E-state index in [0.717, 1.165) is 5.56 Å². The largest absolute Gasteiger partial charge is 0.497 e. The van der Waals surface area contributed by atoms with Crippen LogP contribution in [-0.2, 0) is 7.05 Å². The lowest BCUT2D eigenvalue weighted by atomic mass is 10.1. The van der Waals surface area contributed by atoms with Crippen molar-refractivity contribution in [3.05, 3.63) is 48.0 Å². The number of nitrogens with zero attached hydrogens (tertiary/aromatic N) is 4. The Morgan fingerprint density at radius 2 is 1.80 bits per heavy atom.